The third-order valence-electron chi connectivity index (χ3n) is 0.0645. The minimum absolute atomic E-state index is 0. The van der Waals surface area contributed by atoms with E-state index in [1.807, 2.05) is 5.40 Å². The molecule has 0 saturated heterocycles. The normalized spacial score (nSPS) is 4.20. The van der Waals surface area contributed by atoms with Gasteiger partial charge in [0.05, 0.1) is 0 Å². The van der Waals surface area contributed by atoms with Crippen molar-refractivity contribution in [1.29, 1.82) is 5.26 Å². The van der Waals surface area contributed by atoms with Crippen LogP contribution < -0.4 is 6.15 Å². The Morgan fingerprint density at radius 1 is 1.80 bits per heavy atom. The van der Waals surface area contributed by atoms with E-state index in [1.54, 1.807) is 0 Å². The molecule has 0 aromatic heterocycles. The molecule has 0 rings (SSSR count). The summed E-state index contributed by atoms with van der Waals surface area (Å²) in [5.74, 6) is 0. The molecule has 0 aliphatic heterocycles. The van der Waals surface area contributed by atoms with Gasteiger partial charge in [-0.15, -0.1) is 0 Å². The Balaban J connectivity index is 0. The zero-order chi connectivity index (χ0) is 3.41. The molecule has 4 heteroatoms. The molecule has 0 aliphatic carbocycles. The fourth-order valence-corrected chi connectivity index (χ4v) is 0. The molecule has 0 unspecified atom stereocenters. The molecule has 0 spiro atoms. The van der Waals surface area contributed by atoms with E-state index in [0.717, 1.165) is 0 Å². The van der Waals surface area contributed by atoms with Crippen LogP contribution in [0, 0.1) is 10.7 Å². The van der Waals surface area contributed by atoms with Crippen LogP contribution in [0.25, 0.3) is 0 Å². The summed E-state index contributed by atoms with van der Waals surface area (Å²) in [5.41, 5.74) is 0. The van der Waals surface area contributed by atoms with Crippen molar-refractivity contribution in [3.63, 3.8) is 0 Å². The fourth-order valence-electron chi connectivity index (χ4n) is 0. The Kier molecular flexibility index (Phi) is 16.3. The molecule has 0 aromatic carbocycles. The first-order valence-corrected chi connectivity index (χ1v) is 8.44. The van der Waals surface area contributed by atoms with Gasteiger partial charge in [0.2, 0.25) is 0 Å². The van der Waals surface area contributed by atoms with E-state index in [0.29, 0.717) is 24.6 Å². The van der Waals surface area contributed by atoms with Gasteiger partial charge in [0.15, 0.2) is 0 Å². The predicted molar refractivity (Wildman–Crippen MR) is 18.2 cm³/mol. The number of nitrogens with zero attached hydrogens (tertiary/aromatic N) is 1. The van der Waals surface area contributed by atoms with Crippen molar-refractivity contribution in [2.45, 2.75) is 0 Å². The number of rotatable bonds is 0. The molecule has 0 amide bonds. The zero-order valence-electron chi connectivity index (χ0n) is 2.77. The third kappa shape index (κ3) is 11.8. The Morgan fingerprint density at radius 3 is 2.00 bits per heavy atom. The van der Waals surface area contributed by atoms with E-state index in [9.17, 15) is 0 Å². The van der Waals surface area contributed by atoms with Crippen LogP contribution in [-0.4, -0.2) is 0 Å². The van der Waals surface area contributed by atoms with Gasteiger partial charge in [0, 0.05) is 0 Å². The molecule has 0 atom stereocenters. The van der Waals surface area contributed by atoms with E-state index >= 15 is 0 Å². The van der Waals surface area contributed by atoms with Crippen LogP contribution in [0.1, 0.15) is 0 Å². The Morgan fingerprint density at radius 2 is 2.00 bits per heavy atom. The molecule has 0 saturated carbocycles. The molecule has 5 heavy (non-hydrogen) atoms. The summed E-state index contributed by atoms with van der Waals surface area (Å²) >= 11 is 0.629. The van der Waals surface area contributed by atoms with Gasteiger partial charge in [-0.05, 0) is 0 Å². The Labute approximate surface area is 49.6 Å². The second-order valence-corrected chi connectivity index (χ2v) is 4.07. The van der Waals surface area contributed by atoms with Gasteiger partial charge in [-0.2, -0.15) is 0 Å². The summed E-state index contributed by atoms with van der Waals surface area (Å²) in [5, 5.41) is 9.57. The van der Waals surface area contributed by atoms with Gasteiger partial charge in [-0.25, -0.2) is 0 Å². The zero-order valence-corrected chi connectivity index (χ0v) is 9.08. The summed E-state index contributed by atoms with van der Waals surface area (Å²) in [6.45, 7) is 0. The summed E-state index contributed by atoms with van der Waals surface area (Å²) < 4.78 is 0. The van der Waals surface area contributed by atoms with Crippen molar-refractivity contribution in [2.75, 3.05) is 0 Å². The Hall–Kier alpha value is 0.735. The van der Waals surface area contributed by atoms with E-state index in [-0.39, 0.29) is 6.15 Å². The van der Waals surface area contributed by atoms with E-state index in [4.69, 9.17) is 5.26 Å². The number of hydrogen-bond donors (Lipinski definition) is 1. The van der Waals surface area contributed by atoms with Gasteiger partial charge in [0.25, 0.3) is 0 Å². The summed E-state index contributed by atoms with van der Waals surface area (Å²) in [6.07, 6.45) is 0. The standard InChI is InChI=1S/CHNS.Hg.H3N/c2-1-3;;/h3H;;1H3/q;+1;/p-1. The molecular formula is CH3HgN2S. The number of thiocyanates is 1. The molecule has 0 heterocycles. The SMILES string of the molecule is N.N#C[S][Hg]. The van der Waals surface area contributed by atoms with Gasteiger partial charge in [-0.3, -0.25) is 0 Å². The van der Waals surface area contributed by atoms with E-state index in [2.05, 4.69) is 0 Å². The molecule has 0 fully saturated rings. The van der Waals surface area contributed by atoms with Gasteiger partial charge in [-0.1, -0.05) is 0 Å². The van der Waals surface area contributed by atoms with Crippen molar-refractivity contribution >= 4 is 8.24 Å². The van der Waals surface area contributed by atoms with Crippen LogP contribution in [0.15, 0.2) is 0 Å². The summed E-state index contributed by atoms with van der Waals surface area (Å²) in [4.78, 5) is 0. The van der Waals surface area contributed by atoms with E-state index < -0.39 is 0 Å². The van der Waals surface area contributed by atoms with Crippen molar-refractivity contribution in [3.8, 4) is 5.40 Å². The molecule has 3 N–H and O–H groups in total. The van der Waals surface area contributed by atoms with Crippen LogP contribution in [0.4, 0.5) is 0 Å². The van der Waals surface area contributed by atoms with Crippen molar-refractivity contribution in [3.05, 3.63) is 0 Å². The van der Waals surface area contributed by atoms with Crippen molar-refractivity contribution in [2.24, 2.45) is 0 Å². The van der Waals surface area contributed by atoms with E-state index in [1.165, 1.54) is 8.24 Å². The van der Waals surface area contributed by atoms with Crippen molar-refractivity contribution in [1.82, 2.24) is 6.15 Å². The second kappa shape index (κ2) is 8.83. The Bertz CT molecular complexity index is 39.4. The average Bonchev–Trinajstić information content (AvgIpc) is 1.37. The number of hydrogen-bond acceptors (Lipinski definition) is 3. The third-order valence-corrected chi connectivity index (χ3v) is 1.70. The molecule has 2 nitrogen and oxygen atoms in total. The van der Waals surface area contributed by atoms with Gasteiger partial charge in [0.1, 0.15) is 0 Å². The average molecular weight is 276 g/mol. The minimum atomic E-state index is 0. The molecule has 0 aliphatic rings. The summed E-state index contributed by atoms with van der Waals surface area (Å²) in [6, 6.07) is 0. The second-order valence-electron chi connectivity index (χ2n) is 0.236. The van der Waals surface area contributed by atoms with Crippen molar-refractivity contribution < 1.29 is 24.6 Å². The van der Waals surface area contributed by atoms with Crippen LogP contribution in [0.2, 0.25) is 0 Å². The molecule has 0 bridgehead atoms. The number of nitriles is 1. The maximum absolute atomic E-state index is 7.64. The topological polar surface area (TPSA) is 58.8 Å². The molecule has 0 aromatic rings. The van der Waals surface area contributed by atoms with Gasteiger partial charge >= 0.3 is 43.5 Å². The molecule has 0 radical (unpaired) electrons. The predicted octanol–water partition coefficient (Wildman–Crippen LogP) is 0.824. The van der Waals surface area contributed by atoms with Crippen LogP contribution in [-0.2, 0) is 24.6 Å². The maximum atomic E-state index is 7.64. The van der Waals surface area contributed by atoms with Crippen LogP contribution in [0.3, 0.4) is 0 Å². The van der Waals surface area contributed by atoms with Crippen LogP contribution >= 0.6 is 8.24 Å². The monoisotopic (exact) mass is 277 g/mol. The van der Waals surface area contributed by atoms with Crippen LogP contribution in [0.5, 0.6) is 0 Å². The molecular weight excluding hydrogens is 273 g/mol. The first-order valence-electron chi connectivity index (χ1n) is 0.716. The first kappa shape index (κ1) is 9.22. The quantitative estimate of drug-likeness (QED) is 0.526. The molecule has 25 valence electrons. The summed E-state index contributed by atoms with van der Waals surface area (Å²) in [7, 11) is 1.36. The van der Waals surface area contributed by atoms with Gasteiger partial charge < -0.3 is 6.15 Å². The first-order chi connectivity index (χ1) is 1.91. The fraction of sp³-hybridized carbons (Fsp3) is 0.